The second-order valence-electron chi connectivity index (χ2n) is 10.00. The number of methoxy groups -OCH3 is 1. The molecule has 15 heteroatoms. The van der Waals surface area contributed by atoms with Gasteiger partial charge in [-0.05, 0) is 18.4 Å². The molecule has 0 amide bonds. The van der Waals surface area contributed by atoms with Gasteiger partial charge in [0.25, 0.3) is 0 Å². The lowest BCUT2D eigenvalue weighted by Gasteiger charge is -2.12. The van der Waals surface area contributed by atoms with E-state index in [1.54, 1.807) is 24.3 Å². The lowest BCUT2D eigenvalue weighted by Crippen LogP contribution is -2.20. The maximum absolute atomic E-state index is 13.5. The van der Waals surface area contributed by atoms with Crippen LogP contribution < -0.4 is 4.74 Å². The summed E-state index contributed by atoms with van der Waals surface area (Å²) in [6.07, 6.45) is -3.64. The molecule has 1 saturated carbocycles. The van der Waals surface area contributed by atoms with Crippen LogP contribution in [0.1, 0.15) is 41.4 Å². The molecule has 0 aliphatic heterocycles. The van der Waals surface area contributed by atoms with Crippen molar-refractivity contribution in [2.75, 3.05) is 7.11 Å². The monoisotopic (exact) mass is 588 g/mol. The Kier molecular flexibility index (Phi) is 6.61. The Bertz CT molecular complexity index is 1770. The van der Waals surface area contributed by atoms with Crippen LogP contribution in [-0.2, 0) is 26.2 Å². The summed E-state index contributed by atoms with van der Waals surface area (Å²) in [5.41, 5.74) is 1.77. The molecule has 1 aliphatic carbocycles. The summed E-state index contributed by atoms with van der Waals surface area (Å²) in [6, 6.07) is 6.38. The number of alkyl halides is 6. The third-order valence-corrected chi connectivity index (χ3v) is 6.89. The van der Waals surface area contributed by atoms with Gasteiger partial charge < -0.3 is 9.30 Å². The van der Waals surface area contributed by atoms with Gasteiger partial charge in [0, 0.05) is 31.1 Å². The van der Waals surface area contributed by atoms with Gasteiger partial charge >= 0.3 is 12.4 Å². The van der Waals surface area contributed by atoms with Crippen LogP contribution in [0.3, 0.4) is 0 Å². The summed E-state index contributed by atoms with van der Waals surface area (Å²) >= 11 is 0. The summed E-state index contributed by atoms with van der Waals surface area (Å²) in [6.45, 7) is -1.34. The SMILES string of the molecule is COc1ncnc(C2CC2)c1-c1ncc2nn(CC(F)(F)F)c(Cc3ccc(-c4nc(C(F)(F)F)cn4C)cc3)c2n1. The molecule has 0 bridgehead atoms. The predicted molar refractivity (Wildman–Crippen MR) is 137 cm³/mol. The highest BCUT2D eigenvalue weighted by Gasteiger charge is 2.35. The van der Waals surface area contributed by atoms with E-state index in [4.69, 9.17) is 4.74 Å². The molecule has 0 atom stereocenters. The number of benzene rings is 1. The van der Waals surface area contributed by atoms with Gasteiger partial charge in [0.2, 0.25) is 5.88 Å². The Hall–Kier alpha value is -4.56. The van der Waals surface area contributed by atoms with Crippen molar-refractivity contribution in [2.45, 2.75) is 44.1 Å². The lowest BCUT2D eigenvalue weighted by atomic mass is 10.1. The van der Waals surface area contributed by atoms with Crippen molar-refractivity contribution in [3.05, 3.63) is 65.6 Å². The highest BCUT2D eigenvalue weighted by atomic mass is 19.4. The molecule has 0 spiro atoms. The van der Waals surface area contributed by atoms with Crippen molar-refractivity contribution in [1.82, 2.24) is 39.3 Å². The molecule has 1 aromatic carbocycles. The number of aryl methyl sites for hydroxylation is 1. The lowest BCUT2D eigenvalue weighted by molar-refractivity contribution is -0.143. The number of imidazole rings is 1. The Morgan fingerprint density at radius 3 is 2.33 bits per heavy atom. The molecular weight excluding hydrogens is 566 g/mol. The van der Waals surface area contributed by atoms with Crippen LogP contribution in [0.2, 0.25) is 0 Å². The maximum Gasteiger partial charge on any atom is 0.434 e. The predicted octanol–water partition coefficient (Wildman–Crippen LogP) is 5.74. The van der Waals surface area contributed by atoms with Crippen LogP contribution in [0, 0.1) is 0 Å². The summed E-state index contributed by atoms with van der Waals surface area (Å²) in [5.74, 6) is 0.756. The molecule has 4 heterocycles. The molecule has 5 aromatic rings. The van der Waals surface area contributed by atoms with E-state index in [-0.39, 0.29) is 46.6 Å². The molecule has 9 nitrogen and oxygen atoms in total. The van der Waals surface area contributed by atoms with E-state index < -0.39 is 24.6 Å². The topological polar surface area (TPSA) is 96.4 Å². The number of rotatable bonds is 7. The van der Waals surface area contributed by atoms with E-state index in [1.807, 2.05) is 0 Å². The largest absolute Gasteiger partial charge is 0.480 e. The Balaban J connectivity index is 1.40. The van der Waals surface area contributed by atoms with Gasteiger partial charge in [-0.3, -0.25) is 4.68 Å². The van der Waals surface area contributed by atoms with Crippen molar-refractivity contribution in [1.29, 1.82) is 0 Å². The van der Waals surface area contributed by atoms with Crippen molar-refractivity contribution < 1.29 is 31.1 Å². The second kappa shape index (κ2) is 10.1. The number of aromatic nitrogens is 8. The number of halogens is 6. The van der Waals surface area contributed by atoms with Gasteiger partial charge in [-0.1, -0.05) is 24.3 Å². The van der Waals surface area contributed by atoms with Crippen molar-refractivity contribution in [2.24, 2.45) is 7.05 Å². The number of ether oxygens (including phenoxy) is 1. The minimum atomic E-state index is -4.59. The first-order valence-corrected chi connectivity index (χ1v) is 12.8. The molecule has 4 aromatic heterocycles. The molecule has 0 saturated heterocycles. The van der Waals surface area contributed by atoms with Gasteiger partial charge in [-0.15, -0.1) is 0 Å². The summed E-state index contributed by atoms with van der Waals surface area (Å²) in [5, 5.41) is 4.13. The van der Waals surface area contributed by atoms with Crippen LogP contribution in [0.5, 0.6) is 5.88 Å². The van der Waals surface area contributed by atoms with Gasteiger partial charge in [0.05, 0.1) is 24.7 Å². The Morgan fingerprint density at radius 1 is 0.976 bits per heavy atom. The standard InChI is InChI=1S/C27H22F6N8O/c1-40-11-19(27(31,32)33)37-24(40)16-5-3-14(4-6-16)9-18-22-17(39-41(18)12-26(28,29)30)10-34-23(38-22)20-21(15-7-8-15)35-13-36-25(20)42-2/h3-6,10-11,13,15H,7-9,12H2,1-2H3. The molecule has 42 heavy (non-hydrogen) atoms. The smallest absolute Gasteiger partial charge is 0.434 e. The molecule has 0 N–H and O–H groups in total. The van der Waals surface area contributed by atoms with E-state index in [0.29, 0.717) is 22.4 Å². The summed E-state index contributed by atoms with van der Waals surface area (Å²) < 4.78 is 87.5. The highest BCUT2D eigenvalue weighted by Crippen LogP contribution is 2.45. The fraction of sp³-hybridized carbons (Fsp3) is 0.333. The molecule has 1 fully saturated rings. The Labute approximate surface area is 234 Å². The fourth-order valence-electron chi connectivity index (χ4n) is 4.82. The normalized spacial score (nSPS) is 14.1. The van der Waals surface area contributed by atoms with Crippen LogP contribution in [0.25, 0.3) is 33.8 Å². The first-order chi connectivity index (χ1) is 19.9. The minimum absolute atomic E-state index is 0.00951. The zero-order valence-electron chi connectivity index (χ0n) is 22.2. The fourth-order valence-corrected chi connectivity index (χ4v) is 4.82. The molecule has 1 aliphatic rings. The zero-order valence-corrected chi connectivity index (χ0v) is 22.2. The number of fused-ring (bicyclic) bond motifs is 1. The molecule has 0 radical (unpaired) electrons. The molecule has 0 unspecified atom stereocenters. The zero-order chi connectivity index (χ0) is 29.8. The van der Waals surface area contributed by atoms with Crippen LogP contribution in [-0.4, -0.2) is 52.6 Å². The average Bonchev–Trinajstić information content (AvgIpc) is 3.63. The molecule has 218 valence electrons. The third-order valence-electron chi connectivity index (χ3n) is 6.89. The first-order valence-electron chi connectivity index (χ1n) is 12.8. The second-order valence-corrected chi connectivity index (χ2v) is 10.00. The third kappa shape index (κ3) is 5.37. The average molecular weight is 589 g/mol. The maximum atomic E-state index is 13.5. The van der Waals surface area contributed by atoms with Crippen molar-refractivity contribution in [3.63, 3.8) is 0 Å². The van der Waals surface area contributed by atoms with E-state index in [1.165, 1.54) is 31.2 Å². The minimum Gasteiger partial charge on any atom is -0.480 e. The van der Waals surface area contributed by atoms with Gasteiger partial charge in [0.1, 0.15) is 35.3 Å². The Morgan fingerprint density at radius 2 is 1.71 bits per heavy atom. The van der Waals surface area contributed by atoms with E-state index in [2.05, 4.69) is 30.0 Å². The van der Waals surface area contributed by atoms with E-state index in [9.17, 15) is 26.3 Å². The first kappa shape index (κ1) is 27.6. The van der Waals surface area contributed by atoms with Crippen molar-refractivity contribution in [3.8, 4) is 28.7 Å². The van der Waals surface area contributed by atoms with Gasteiger partial charge in [-0.2, -0.15) is 31.4 Å². The van der Waals surface area contributed by atoms with Gasteiger partial charge in [0.15, 0.2) is 11.5 Å². The van der Waals surface area contributed by atoms with E-state index in [0.717, 1.165) is 23.7 Å². The highest BCUT2D eigenvalue weighted by molar-refractivity contribution is 5.80. The number of hydrogen-bond donors (Lipinski definition) is 0. The number of nitrogens with zero attached hydrogens (tertiary/aromatic N) is 8. The summed E-state index contributed by atoms with van der Waals surface area (Å²) in [4.78, 5) is 21.3. The molecule has 6 rings (SSSR count). The van der Waals surface area contributed by atoms with Crippen LogP contribution >= 0.6 is 0 Å². The summed E-state index contributed by atoms with van der Waals surface area (Å²) in [7, 11) is 2.90. The molecular formula is C27H22F6N8O. The van der Waals surface area contributed by atoms with Crippen LogP contribution in [0.15, 0.2) is 43.0 Å². The van der Waals surface area contributed by atoms with Gasteiger partial charge in [-0.25, -0.2) is 24.9 Å². The van der Waals surface area contributed by atoms with Crippen molar-refractivity contribution >= 4 is 11.0 Å². The van der Waals surface area contributed by atoms with E-state index >= 15 is 0 Å². The number of hydrogen-bond acceptors (Lipinski definition) is 7. The quantitative estimate of drug-likeness (QED) is 0.224. The van der Waals surface area contributed by atoms with Crippen LogP contribution in [0.4, 0.5) is 26.3 Å².